The van der Waals surface area contributed by atoms with Gasteiger partial charge in [0.15, 0.2) is 0 Å². The topological polar surface area (TPSA) is 46.5 Å². The molecule has 3 nitrogen and oxygen atoms in total. The standard InChI is InChI=1S/C17H20Cl2O3/c1-3-5-11(2)10-12-6-7-13(15(19)14(12)18)22-17(16(20)21)8-4-9-17/h6-7H,2-5,8-10H2,1H3,(H,20,21). The van der Waals surface area contributed by atoms with Gasteiger partial charge in [-0.05, 0) is 43.7 Å². The van der Waals surface area contributed by atoms with Gasteiger partial charge in [-0.3, -0.25) is 0 Å². The highest BCUT2D eigenvalue weighted by Crippen LogP contribution is 2.42. The third-order valence-corrected chi connectivity index (χ3v) is 4.93. The van der Waals surface area contributed by atoms with Gasteiger partial charge in [0.2, 0.25) is 5.60 Å². The third kappa shape index (κ3) is 3.41. The second kappa shape index (κ2) is 6.93. The molecular formula is C17H20Cl2O3. The number of allylic oxidation sites excluding steroid dienone is 1. The van der Waals surface area contributed by atoms with Gasteiger partial charge in [0.05, 0.1) is 5.02 Å². The predicted octanol–water partition coefficient (Wildman–Crippen LogP) is 5.28. The molecule has 120 valence electrons. The molecule has 0 aliphatic heterocycles. The predicted molar refractivity (Wildman–Crippen MR) is 89.1 cm³/mol. The van der Waals surface area contributed by atoms with Crippen molar-refractivity contribution in [2.24, 2.45) is 0 Å². The Morgan fingerprint density at radius 1 is 1.36 bits per heavy atom. The largest absolute Gasteiger partial charge is 0.478 e. The van der Waals surface area contributed by atoms with Crippen molar-refractivity contribution in [2.45, 2.75) is 51.0 Å². The van der Waals surface area contributed by atoms with Crippen LogP contribution in [0, 0.1) is 0 Å². The van der Waals surface area contributed by atoms with E-state index in [1.54, 1.807) is 6.07 Å². The minimum atomic E-state index is -1.15. The van der Waals surface area contributed by atoms with Gasteiger partial charge < -0.3 is 9.84 Å². The lowest BCUT2D eigenvalue weighted by molar-refractivity contribution is -0.163. The van der Waals surface area contributed by atoms with E-state index in [4.69, 9.17) is 27.9 Å². The fraction of sp³-hybridized carbons (Fsp3) is 0.471. The Morgan fingerprint density at radius 2 is 2.05 bits per heavy atom. The zero-order valence-electron chi connectivity index (χ0n) is 12.6. The van der Waals surface area contributed by atoms with Crippen LogP contribution >= 0.6 is 23.2 Å². The molecule has 1 aliphatic rings. The third-order valence-electron chi connectivity index (χ3n) is 4.03. The number of carboxylic acids is 1. The van der Waals surface area contributed by atoms with E-state index in [0.717, 1.165) is 30.4 Å². The average Bonchev–Trinajstić information content (AvgIpc) is 2.41. The summed E-state index contributed by atoms with van der Waals surface area (Å²) in [5.41, 5.74) is 0.825. The van der Waals surface area contributed by atoms with E-state index < -0.39 is 11.6 Å². The van der Waals surface area contributed by atoms with E-state index >= 15 is 0 Å². The quantitative estimate of drug-likeness (QED) is 0.685. The summed E-state index contributed by atoms with van der Waals surface area (Å²) >= 11 is 12.6. The molecule has 22 heavy (non-hydrogen) atoms. The van der Waals surface area contributed by atoms with E-state index in [9.17, 15) is 9.90 Å². The first-order valence-electron chi connectivity index (χ1n) is 7.45. The maximum atomic E-state index is 11.4. The highest BCUT2D eigenvalue weighted by molar-refractivity contribution is 6.43. The van der Waals surface area contributed by atoms with Gasteiger partial charge in [0.1, 0.15) is 10.8 Å². The molecule has 0 unspecified atom stereocenters. The number of rotatable bonds is 7. The Hall–Kier alpha value is -1.19. The van der Waals surface area contributed by atoms with Crippen molar-refractivity contribution >= 4 is 29.2 Å². The van der Waals surface area contributed by atoms with Crippen LogP contribution in [0.3, 0.4) is 0 Å². The summed E-state index contributed by atoms with van der Waals surface area (Å²) in [6.45, 7) is 6.13. The molecule has 0 bridgehead atoms. The first-order valence-corrected chi connectivity index (χ1v) is 8.21. The molecular weight excluding hydrogens is 323 g/mol. The Balaban J connectivity index is 2.20. The zero-order valence-corrected chi connectivity index (χ0v) is 14.1. The summed E-state index contributed by atoms with van der Waals surface area (Å²) in [4.78, 5) is 11.4. The number of ether oxygens (including phenoxy) is 1. The Morgan fingerprint density at radius 3 is 2.55 bits per heavy atom. The number of carboxylic acid groups (broad SMARTS) is 1. The van der Waals surface area contributed by atoms with Crippen LogP contribution in [0.25, 0.3) is 0 Å². The maximum Gasteiger partial charge on any atom is 0.348 e. The first-order chi connectivity index (χ1) is 10.4. The van der Waals surface area contributed by atoms with Crippen molar-refractivity contribution in [1.82, 2.24) is 0 Å². The molecule has 0 amide bonds. The highest BCUT2D eigenvalue weighted by Gasteiger charge is 2.47. The fourth-order valence-electron chi connectivity index (χ4n) is 2.57. The van der Waals surface area contributed by atoms with Crippen LogP contribution in [0.5, 0.6) is 5.75 Å². The molecule has 1 aliphatic carbocycles. The summed E-state index contributed by atoms with van der Waals surface area (Å²) in [5.74, 6) is -0.620. The molecule has 0 spiro atoms. The smallest absolute Gasteiger partial charge is 0.348 e. The van der Waals surface area contributed by atoms with Gasteiger partial charge in [-0.15, -0.1) is 0 Å². The van der Waals surface area contributed by atoms with Crippen LogP contribution in [0.15, 0.2) is 24.3 Å². The molecule has 0 aromatic heterocycles. The van der Waals surface area contributed by atoms with Gasteiger partial charge in [-0.2, -0.15) is 0 Å². The maximum absolute atomic E-state index is 11.4. The van der Waals surface area contributed by atoms with Gasteiger partial charge in [-0.25, -0.2) is 4.79 Å². The monoisotopic (exact) mass is 342 g/mol. The molecule has 0 saturated heterocycles. The van der Waals surface area contributed by atoms with E-state index in [1.807, 2.05) is 6.07 Å². The van der Waals surface area contributed by atoms with Crippen molar-refractivity contribution in [3.63, 3.8) is 0 Å². The van der Waals surface area contributed by atoms with Crippen LogP contribution in [-0.2, 0) is 11.2 Å². The summed E-state index contributed by atoms with van der Waals surface area (Å²) in [6, 6.07) is 3.53. The fourth-order valence-corrected chi connectivity index (χ4v) is 3.01. The van der Waals surface area contributed by atoms with Crippen molar-refractivity contribution in [3.8, 4) is 5.75 Å². The molecule has 2 rings (SSSR count). The number of hydrogen-bond donors (Lipinski definition) is 1. The first kappa shape index (κ1) is 17.2. The summed E-state index contributed by atoms with van der Waals surface area (Å²) in [5, 5.41) is 10.0. The van der Waals surface area contributed by atoms with Crippen molar-refractivity contribution in [3.05, 3.63) is 39.9 Å². The molecule has 1 aromatic rings. The minimum absolute atomic E-state index is 0.274. The molecule has 0 atom stereocenters. The highest BCUT2D eigenvalue weighted by atomic mass is 35.5. The second-order valence-electron chi connectivity index (χ2n) is 5.78. The zero-order chi connectivity index (χ0) is 16.3. The molecule has 0 heterocycles. The lowest BCUT2D eigenvalue weighted by Gasteiger charge is -2.38. The number of halogens is 2. The Labute approximate surface area is 140 Å². The van der Waals surface area contributed by atoms with Gasteiger partial charge in [0, 0.05) is 0 Å². The van der Waals surface area contributed by atoms with Crippen molar-refractivity contribution < 1.29 is 14.6 Å². The Bertz CT molecular complexity index is 592. The van der Waals surface area contributed by atoms with Crippen LogP contribution < -0.4 is 4.74 Å². The molecule has 0 radical (unpaired) electrons. The molecule has 1 saturated carbocycles. The lowest BCUT2D eigenvalue weighted by Crippen LogP contribution is -2.50. The summed E-state index contributed by atoms with van der Waals surface area (Å²) in [6.07, 6.45) is 4.46. The van der Waals surface area contributed by atoms with E-state index in [-0.39, 0.29) is 5.02 Å². The second-order valence-corrected chi connectivity index (χ2v) is 6.54. The van der Waals surface area contributed by atoms with E-state index in [0.29, 0.717) is 30.0 Å². The normalized spacial score (nSPS) is 16.0. The molecule has 1 fully saturated rings. The number of benzene rings is 1. The molecule has 5 heteroatoms. The number of carbonyl (C=O) groups is 1. The number of hydrogen-bond acceptors (Lipinski definition) is 2. The Kier molecular flexibility index (Phi) is 5.41. The van der Waals surface area contributed by atoms with Crippen LogP contribution in [0.4, 0.5) is 0 Å². The van der Waals surface area contributed by atoms with Crippen LogP contribution in [-0.4, -0.2) is 16.7 Å². The number of aliphatic carboxylic acids is 1. The lowest BCUT2D eigenvalue weighted by atomic mass is 9.80. The van der Waals surface area contributed by atoms with Crippen molar-refractivity contribution in [1.29, 1.82) is 0 Å². The van der Waals surface area contributed by atoms with Crippen LogP contribution in [0.1, 0.15) is 44.6 Å². The van der Waals surface area contributed by atoms with Gasteiger partial charge >= 0.3 is 5.97 Å². The van der Waals surface area contributed by atoms with E-state index in [2.05, 4.69) is 13.5 Å². The SMILES string of the molecule is C=C(CCC)Cc1ccc(OC2(C(=O)O)CCC2)c(Cl)c1Cl. The van der Waals surface area contributed by atoms with Gasteiger partial charge in [-0.1, -0.05) is 54.8 Å². The summed E-state index contributed by atoms with van der Waals surface area (Å²) < 4.78 is 5.68. The van der Waals surface area contributed by atoms with Crippen molar-refractivity contribution in [2.75, 3.05) is 0 Å². The average molecular weight is 343 g/mol. The van der Waals surface area contributed by atoms with E-state index in [1.165, 1.54) is 0 Å². The molecule has 1 aromatic carbocycles. The minimum Gasteiger partial charge on any atom is -0.478 e. The van der Waals surface area contributed by atoms with Crippen LogP contribution in [0.2, 0.25) is 10.0 Å². The molecule has 1 N–H and O–H groups in total. The summed E-state index contributed by atoms with van der Waals surface area (Å²) in [7, 11) is 0. The van der Waals surface area contributed by atoms with Gasteiger partial charge in [0.25, 0.3) is 0 Å².